The van der Waals surface area contributed by atoms with Crippen molar-refractivity contribution in [2.24, 2.45) is 5.10 Å². The van der Waals surface area contributed by atoms with Gasteiger partial charge in [0, 0.05) is 17.7 Å². The summed E-state index contributed by atoms with van der Waals surface area (Å²) in [5.41, 5.74) is 5.29. The Hall–Kier alpha value is -2.74. The largest absolute Gasteiger partial charge is 0.506 e. The predicted molar refractivity (Wildman–Crippen MR) is 97.8 cm³/mol. The Morgan fingerprint density at radius 1 is 1.36 bits per heavy atom. The van der Waals surface area contributed by atoms with Crippen LogP contribution < -0.4 is 5.43 Å². The highest BCUT2D eigenvalue weighted by Crippen LogP contribution is 2.31. The van der Waals surface area contributed by atoms with Crippen molar-refractivity contribution >= 4 is 33.7 Å². The Balaban J connectivity index is 2.08. The highest BCUT2D eigenvalue weighted by molar-refractivity contribution is 9.10. The van der Waals surface area contributed by atoms with Crippen LogP contribution >= 0.6 is 15.9 Å². The van der Waals surface area contributed by atoms with Gasteiger partial charge in [0.2, 0.25) is 5.91 Å². The fourth-order valence-corrected chi connectivity index (χ4v) is 2.70. The highest BCUT2D eigenvalue weighted by Gasteiger charge is 2.13. The number of nitrogens with zero attached hydrogens (tertiary/aromatic N) is 2. The molecule has 0 bridgehead atoms. The number of nitrogens with one attached hydrogen (secondary N) is 1. The average Bonchev–Trinajstić information content (AvgIpc) is 2.53. The summed E-state index contributed by atoms with van der Waals surface area (Å²) in [6, 6.07) is 8.16. The van der Waals surface area contributed by atoms with E-state index in [2.05, 4.69) is 26.5 Å². The zero-order chi connectivity index (χ0) is 18.6. The molecule has 2 aromatic rings. The first-order valence-corrected chi connectivity index (χ1v) is 8.12. The van der Waals surface area contributed by atoms with Crippen molar-refractivity contribution in [3.8, 4) is 5.75 Å². The van der Waals surface area contributed by atoms with Gasteiger partial charge in [-0.05, 0) is 40.9 Å². The minimum absolute atomic E-state index is 0.118. The molecule has 0 aliphatic carbocycles. The molecule has 0 aliphatic heterocycles. The van der Waals surface area contributed by atoms with Crippen molar-refractivity contribution in [3.05, 3.63) is 67.2 Å². The Bertz CT molecular complexity index is 865. The predicted octanol–water partition coefficient (Wildman–Crippen LogP) is 3.37. The molecule has 2 aromatic carbocycles. The molecule has 0 spiro atoms. The Labute approximate surface area is 152 Å². The number of amides is 1. The van der Waals surface area contributed by atoms with Gasteiger partial charge in [-0.3, -0.25) is 14.9 Å². The molecule has 0 aliphatic rings. The zero-order valence-electron chi connectivity index (χ0n) is 13.6. The number of benzene rings is 2. The lowest BCUT2D eigenvalue weighted by Gasteiger charge is -2.06. The van der Waals surface area contributed by atoms with E-state index in [9.17, 15) is 20.0 Å². The van der Waals surface area contributed by atoms with Gasteiger partial charge in [0.1, 0.15) is 5.75 Å². The fourth-order valence-electron chi connectivity index (χ4n) is 2.24. The topological polar surface area (TPSA) is 105 Å². The highest BCUT2D eigenvalue weighted by atomic mass is 79.9. The van der Waals surface area contributed by atoms with E-state index in [0.29, 0.717) is 0 Å². The van der Waals surface area contributed by atoms with Crippen molar-refractivity contribution in [2.75, 3.05) is 0 Å². The van der Waals surface area contributed by atoms with Gasteiger partial charge in [0.25, 0.3) is 5.69 Å². The first kappa shape index (κ1) is 18.6. The van der Waals surface area contributed by atoms with Crippen molar-refractivity contribution in [1.29, 1.82) is 0 Å². The van der Waals surface area contributed by atoms with E-state index in [0.717, 1.165) is 22.9 Å². The number of aromatic hydroxyl groups is 1. The lowest BCUT2D eigenvalue weighted by Crippen LogP contribution is -2.20. The summed E-state index contributed by atoms with van der Waals surface area (Å²) in [5, 5.41) is 24.5. The molecule has 1 amide bonds. The third-order valence-electron chi connectivity index (χ3n) is 3.53. The van der Waals surface area contributed by atoms with Crippen molar-refractivity contribution in [2.45, 2.75) is 20.3 Å². The molecule has 8 heteroatoms. The zero-order valence-corrected chi connectivity index (χ0v) is 15.2. The summed E-state index contributed by atoms with van der Waals surface area (Å²) in [4.78, 5) is 22.2. The van der Waals surface area contributed by atoms with E-state index in [-0.39, 0.29) is 33.8 Å². The van der Waals surface area contributed by atoms with Crippen LogP contribution in [0, 0.1) is 24.0 Å². The van der Waals surface area contributed by atoms with Crippen molar-refractivity contribution in [1.82, 2.24) is 5.43 Å². The number of halogens is 1. The first-order chi connectivity index (χ1) is 11.8. The second-order valence-electron chi connectivity index (χ2n) is 5.52. The smallest absolute Gasteiger partial charge is 0.271 e. The average molecular weight is 406 g/mol. The van der Waals surface area contributed by atoms with E-state index in [4.69, 9.17) is 0 Å². The van der Waals surface area contributed by atoms with E-state index in [1.807, 2.05) is 32.0 Å². The molecule has 7 nitrogen and oxygen atoms in total. The quantitative estimate of drug-likeness (QED) is 0.451. The van der Waals surface area contributed by atoms with Crippen LogP contribution in [0.3, 0.4) is 0 Å². The van der Waals surface area contributed by atoms with Crippen LogP contribution in [0.25, 0.3) is 0 Å². The molecule has 25 heavy (non-hydrogen) atoms. The number of hydrogen-bond donors (Lipinski definition) is 2. The van der Waals surface area contributed by atoms with Gasteiger partial charge >= 0.3 is 0 Å². The number of carbonyl (C=O) groups excluding carboxylic acids is 1. The van der Waals surface area contributed by atoms with Gasteiger partial charge in [0.05, 0.1) is 22.0 Å². The Kier molecular flexibility index (Phi) is 5.87. The molecule has 0 atom stereocenters. The van der Waals surface area contributed by atoms with Crippen molar-refractivity contribution < 1.29 is 14.8 Å². The lowest BCUT2D eigenvalue weighted by atomic mass is 10.0. The summed E-state index contributed by atoms with van der Waals surface area (Å²) in [6.07, 6.45) is 1.32. The van der Waals surface area contributed by atoms with Crippen LogP contribution in [0.5, 0.6) is 5.75 Å². The number of nitro groups is 1. The van der Waals surface area contributed by atoms with Crippen LogP contribution in [-0.2, 0) is 11.2 Å². The van der Waals surface area contributed by atoms with E-state index >= 15 is 0 Å². The molecule has 0 fully saturated rings. The third kappa shape index (κ3) is 4.87. The maximum Gasteiger partial charge on any atom is 0.271 e. The summed E-state index contributed by atoms with van der Waals surface area (Å²) in [7, 11) is 0. The van der Waals surface area contributed by atoms with Crippen LogP contribution in [0.2, 0.25) is 0 Å². The number of carbonyl (C=O) groups is 1. The lowest BCUT2D eigenvalue weighted by molar-refractivity contribution is -0.385. The maximum atomic E-state index is 12.0. The van der Waals surface area contributed by atoms with Crippen LogP contribution in [0.1, 0.15) is 22.3 Å². The van der Waals surface area contributed by atoms with E-state index in [1.165, 1.54) is 12.1 Å². The number of hydrogen-bond acceptors (Lipinski definition) is 5. The molecule has 2 N–H and O–H groups in total. The molecule has 0 unspecified atom stereocenters. The number of hydrazone groups is 1. The van der Waals surface area contributed by atoms with E-state index in [1.54, 1.807) is 0 Å². The molecule has 130 valence electrons. The normalized spacial score (nSPS) is 10.8. The minimum Gasteiger partial charge on any atom is -0.506 e. The molecule has 0 aromatic heterocycles. The number of aryl methyl sites for hydroxylation is 2. The number of nitro benzene ring substituents is 1. The number of rotatable bonds is 5. The van der Waals surface area contributed by atoms with Gasteiger partial charge in [-0.15, -0.1) is 0 Å². The second-order valence-corrected chi connectivity index (χ2v) is 6.38. The fraction of sp³-hybridized carbons (Fsp3) is 0.176. The Morgan fingerprint density at radius 3 is 2.72 bits per heavy atom. The second kappa shape index (κ2) is 7.89. The summed E-state index contributed by atoms with van der Waals surface area (Å²) in [5.74, 6) is -0.523. The monoisotopic (exact) mass is 405 g/mol. The van der Waals surface area contributed by atoms with Crippen LogP contribution in [0.15, 0.2) is 39.9 Å². The number of phenolic OH excluding ortho intramolecular Hbond substituents is 1. The summed E-state index contributed by atoms with van der Waals surface area (Å²) < 4.78 is 0.171. The van der Waals surface area contributed by atoms with Gasteiger partial charge in [-0.1, -0.05) is 23.8 Å². The third-order valence-corrected chi connectivity index (χ3v) is 4.13. The molecular formula is C17H16BrN3O4. The van der Waals surface area contributed by atoms with Crippen LogP contribution in [-0.4, -0.2) is 22.2 Å². The molecule has 0 saturated carbocycles. The van der Waals surface area contributed by atoms with Gasteiger partial charge in [0.15, 0.2) is 0 Å². The molecular weight excluding hydrogens is 390 g/mol. The van der Waals surface area contributed by atoms with Gasteiger partial charge in [-0.2, -0.15) is 5.10 Å². The number of phenols is 1. The molecule has 2 rings (SSSR count). The van der Waals surface area contributed by atoms with Crippen molar-refractivity contribution in [3.63, 3.8) is 0 Å². The maximum absolute atomic E-state index is 12.0. The summed E-state index contributed by atoms with van der Waals surface area (Å²) in [6.45, 7) is 3.91. The molecule has 0 saturated heterocycles. The first-order valence-electron chi connectivity index (χ1n) is 7.33. The summed E-state index contributed by atoms with van der Waals surface area (Å²) >= 11 is 3.04. The minimum atomic E-state index is -0.583. The molecule has 0 heterocycles. The van der Waals surface area contributed by atoms with E-state index < -0.39 is 4.92 Å². The Morgan fingerprint density at radius 2 is 2.08 bits per heavy atom. The number of non-ortho nitro benzene ring substituents is 1. The van der Waals surface area contributed by atoms with Gasteiger partial charge in [-0.25, -0.2) is 5.43 Å². The standard InChI is InChI=1S/C17H16BrN3O4/c1-10-3-4-12(11(2)5-10)7-16(22)20-19-9-13-6-14(21(24)25)8-15(18)17(13)23/h3-6,8-9,23H,7H2,1-2H3,(H,20,22)/b19-9-. The van der Waals surface area contributed by atoms with Crippen LogP contribution in [0.4, 0.5) is 5.69 Å². The molecule has 0 radical (unpaired) electrons. The SMILES string of the molecule is Cc1ccc(CC(=O)N/N=C\c2cc([N+](=O)[O-])cc(Br)c2O)c(C)c1. The van der Waals surface area contributed by atoms with Gasteiger partial charge < -0.3 is 5.11 Å².